The van der Waals surface area contributed by atoms with Gasteiger partial charge in [0.15, 0.2) is 0 Å². The Hall–Kier alpha value is -1.10. The van der Waals surface area contributed by atoms with E-state index in [2.05, 4.69) is 5.32 Å². The first-order valence-corrected chi connectivity index (χ1v) is 5.64. The summed E-state index contributed by atoms with van der Waals surface area (Å²) in [5, 5.41) is 2.76. The second-order valence-electron chi connectivity index (χ2n) is 4.09. The Balaban J connectivity index is 4.02. The van der Waals surface area contributed by atoms with Crippen LogP contribution in [0, 0.1) is 0 Å². The van der Waals surface area contributed by atoms with Gasteiger partial charge in [-0.25, -0.2) is 0 Å². The largest absolute Gasteiger partial charge is 0.355 e. The average molecular weight is 229 g/mol. The van der Waals surface area contributed by atoms with E-state index >= 15 is 0 Å². The van der Waals surface area contributed by atoms with Crippen molar-refractivity contribution in [3.8, 4) is 0 Å². The molecule has 16 heavy (non-hydrogen) atoms. The van der Waals surface area contributed by atoms with Gasteiger partial charge in [0.05, 0.1) is 6.54 Å². The van der Waals surface area contributed by atoms with Crippen LogP contribution < -0.4 is 5.32 Å². The first-order valence-electron chi connectivity index (χ1n) is 5.64. The highest BCUT2D eigenvalue weighted by atomic mass is 16.2. The number of likely N-dealkylation sites (N-methyl/N-ethyl adjacent to an activating group) is 1. The quantitative estimate of drug-likeness (QED) is 0.664. The Morgan fingerprint density at radius 1 is 1.19 bits per heavy atom. The first kappa shape index (κ1) is 14.9. The Bertz CT molecular complexity index is 229. The lowest BCUT2D eigenvalue weighted by Crippen LogP contribution is -2.42. The standard InChI is InChI=1S/C11H23N3O2/c1-5-6-12-11(16)9-14(10(2)15)8-7-13(3)4/h5-9H2,1-4H3,(H,12,16). The number of hydrogen-bond acceptors (Lipinski definition) is 3. The van der Waals surface area contributed by atoms with Crippen molar-refractivity contribution in [3.63, 3.8) is 0 Å². The third-order valence-corrected chi connectivity index (χ3v) is 2.17. The molecule has 0 aliphatic carbocycles. The molecule has 0 unspecified atom stereocenters. The van der Waals surface area contributed by atoms with Crippen molar-refractivity contribution < 1.29 is 9.59 Å². The lowest BCUT2D eigenvalue weighted by Gasteiger charge is -2.22. The molecule has 0 aliphatic rings. The maximum Gasteiger partial charge on any atom is 0.239 e. The summed E-state index contributed by atoms with van der Waals surface area (Å²) in [7, 11) is 3.88. The summed E-state index contributed by atoms with van der Waals surface area (Å²) in [5.41, 5.74) is 0. The van der Waals surface area contributed by atoms with Crippen LogP contribution in [0.5, 0.6) is 0 Å². The fraction of sp³-hybridized carbons (Fsp3) is 0.818. The van der Waals surface area contributed by atoms with E-state index in [1.807, 2.05) is 25.9 Å². The number of carbonyl (C=O) groups is 2. The Labute approximate surface area is 97.8 Å². The highest BCUT2D eigenvalue weighted by molar-refractivity contribution is 5.83. The van der Waals surface area contributed by atoms with E-state index in [0.29, 0.717) is 13.1 Å². The topological polar surface area (TPSA) is 52.7 Å². The molecule has 5 heteroatoms. The Morgan fingerprint density at radius 3 is 2.25 bits per heavy atom. The smallest absolute Gasteiger partial charge is 0.239 e. The third kappa shape index (κ3) is 7.23. The van der Waals surface area contributed by atoms with Crippen LogP contribution in [0.25, 0.3) is 0 Å². The van der Waals surface area contributed by atoms with E-state index in [0.717, 1.165) is 13.0 Å². The number of hydrogen-bond donors (Lipinski definition) is 1. The lowest BCUT2D eigenvalue weighted by molar-refractivity contribution is -0.134. The van der Waals surface area contributed by atoms with Gasteiger partial charge in [0, 0.05) is 26.6 Å². The summed E-state index contributed by atoms with van der Waals surface area (Å²) in [6.07, 6.45) is 0.906. The van der Waals surface area contributed by atoms with Crippen LogP contribution >= 0.6 is 0 Å². The SMILES string of the molecule is CCCNC(=O)CN(CCN(C)C)C(C)=O. The van der Waals surface area contributed by atoms with Crippen molar-refractivity contribution in [2.75, 3.05) is 40.3 Å². The summed E-state index contributed by atoms with van der Waals surface area (Å²) in [6, 6.07) is 0. The fourth-order valence-electron chi connectivity index (χ4n) is 1.16. The zero-order valence-electron chi connectivity index (χ0n) is 10.7. The molecule has 5 nitrogen and oxygen atoms in total. The molecule has 0 heterocycles. The molecule has 0 saturated heterocycles. The van der Waals surface area contributed by atoms with Crippen molar-refractivity contribution >= 4 is 11.8 Å². The normalized spacial score (nSPS) is 10.3. The van der Waals surface area contributed by atoms with Crippen LogP contribution in [-0.2, 0) is 9.59 Å². The minimum Gasteiger partial charge on any atom is -0.355 e. The van der Waals surface area contributed by atoms with Crippen LogP contribution in [0.1, 0.15) is 20.3 Å². The molecule has 94 valence electrons. The Kier molecular flexibility index (Phi) is 7.54. The number of nitrogens with one attached hydrogen (secondary N) is 1. The van der Waals surface area contributed by atoms with Crippen molar-refractivity contribution in [1.82, 2.24) is 15.1 Å². The van der Waals surface area contributed by atoms with Gasteiger partial charge in [0.1, 0.15) is 0 Å². The van der Waals surface area contributed by atoms with Crippen LogP contribution in [0.4, 0.5) is 0 Å². The second-order valence-corrected chi connectivity index (χ2v) is 4.09. The zero-order valence-corrected chi connectivity index (χ0v) is 10.7. The third-order valence-electron chi connectivity index (χ3n) is 2.17. The van der Waals surface area contributed by atoms with Crippen LogP contribution in [0.3, 0.4) is 0 Å². The molecule has 0 aromatic rings. The fourth-order valence-corrected chi connectivity index (χ4v) is 1.16. The van der Waals surface area contributed by atoms with E-state index in [-0.39, 0.29) is 18.4 Å². The lowest BCUT2D eigenvalue weighted by atomic mass is 10.4. The summed E-state index contributed by atoms with van der Waals surface area (Å²) < 4.78 is 0. The first-order chi connectivity index (χ1) is 7.47. The molecule has 0 aromatic heterocycles. The van der Waals surface area contributed by atoms with E-state index in [9.17, 15) is 9.59 Å². The Morgan fingerprint density at radius 2 is 1.81 bits per heavy atom. The van der Waals surface area contributed by atoms with Gasteiger partial charge in [-0.2, -0.15) is 0 Å². The average Bonchev–Trinajstić information content (AvgIpc) is 2.20. The summed E-state index contributed by atoms with van der Waals surface area (Å²) in [5.74, 6) is -0.149. The molecular weight excluding hydrogens is 206 g/mol. The van der Waals surface area contributed by atoms with Gasteiger partial charge in [0.25, 0.3) is 0 Å². The number of nitrogens with zero attached hydrogens (tertiary/aromatic N) is 2. The van der Waals surface area contributed by atoms with Gasteiger partial charge in [0.2, 0.25) is 11.8 Å². The molecule has 0 fully saturated rings. The van der Waals surface area contributed by atoms with Crippen molar-refractivity contribution in [2.45, 2.75) is 20.3 Å². The van der Waals surface area contributed by atoms with E-state index in [1.165, 1.54) is 6.92 Å². The molecular formula is C11H23N3O2. The molecule has 1 N–H and O–H groups in total. The van der Waals surface area contributed by atoms with Crippen molar-refractivity contribution in [2.24, 2.45) is 0 Å². The minimum absolute atomic E-state index is 0.0616. The zero-order chi connectivity index (χ0) is 12.6. The minimum atomic E-state index is -0.0872. The van der Waals surface area contributed by atoms with Gasteiger partial charge in [-0.1, -0.05) is 6.92 Å². The molecule has 0 radical (unpaired) electrons. The number of carbonyl (C=O) groups excluding carboxylic acids is 2. The summed E-state index contributed by atoms with van der Waals surface area (Å²) in [4.78, 5) is 26.3. The molecule has 0 atom stereocenters. The summed E-state index contributed by atoms with van der Waals surface area (Å²) >= 11 is 0. The maximum absolute atomic E-state index is 11.4. The van der Waals surface area contributed by atoms with E-state index < -0.39 is 0 Å². The molecule has 0 aromatic carbocycles. The van der Waals surface area contributed by atoms with Crippen LogP contribution in [0.15, 0.2) is 0 Å². The predicted octanol–water partition coefficient (Wildman–Crippen LogP) is -0.0773. The van der Waals surface area contributed by atoms with Crippen molar-refractivity contribution in [3.05, 3.63) is 0 Å². The van der Waals surface area contributed by atoms with Gasteiger partial charge in [-0.3, -0.25) is 9.59 Å². The number of rotatable bonds is 7. The van der Waals surface area contributed by atoms with Crippen LogP contribution in [-0.4, -0.2) is 61.9 Å². The van der Waals surface area contributed by atoms with Gasteiger partial charge in [-0.15, -0.1) is 0 Å². The second kappa shape index (κ2) is 8.10. The summed E-state index contributed by atoms with van der Waals surface area (Å²) in [6.45, 7) is 5.65. The molecule has 0 rings (SSSR count). The molecule has 0 bridgehead atoms. The number of amides is 2. The monoisotopic (exact) mass is 229 g/mol. The van der Waals surface area contributed by atoms with Gasteiger partial charge >= 0.3 is 0 Å². The van der Waals surface area contributed by atoms with Crippen molar-refractivity contribution in [1.29, 1.82) is 0 Å². The highest BCUT2D eigenvalue weighted by Crippen LogP contribution is 1.90. The predicted molar refractivity (Wildman–Crippen MR) is 64.1 cm³/mol. The highest BCUT2D eigenvalue weighted by Gasteiger charge is 2.12. The van der Waals surface area contributed by atoms with Crippen LogP contribution in [0.2, 0.25) is 0 Å². The molecule has 0 aliphatic heterocycles. The van der Waals surface area contributed by atoms with Gasteiger partial charge < -0.3 is 15.1 Å². The van der Waals surface area contributed by atoms with E-state index in [4.69, 9.17) is 0 Å². The van der Waals surface area contributed by atoms with Gasteiger partial charge in [-0.05, 0) is 20.5 Å². The maximum atomic E-state index is 11.4. The molecule has 0 saturated carbocycles. The molecule has 0 spiro atoms. The molecule has 2 amide bonds. The van der Waals surface area contributed by atoms with E-state index in [1.54, 1.807) is 4.90 Å².